The number of hydrogen-bond donors (Lipinski definition) is 2. The summed E-state index contributed by atoms with van der Waals surface area (Å²) in [5, 5.41) is 10.4. The molecule has 0 spiro atoms. The predicted octanol–water partition coefficient (Wildman–Crippen LogP) is 1.44. The molecule has 0 saturated carbocycles. The number of carbonyl (C=O) groups is 2. The fourth-order valence-corrected chi connectivity index (χ4v) is 5.02. The van der Waals surface area contributed by atoms with Gasteiger partial charge in [0.15, 0.2) is 11.4 Å². The molecule has 182 valence electrons. The van der Waals surface area contributed by atoms with Crippen LogP contribution in [-0.2, 0) is 17.7 Å². The van der Waals surface area contributed by atoms with Crippen LogP contribution in [0.5, 0.6) is 5.75 Å². The van der Waals surface area contributed by atoms with Gasteiger partial charge in [0.1, 0.15) is 17.5 Å². The summed E-state index contributed by atoms with van der Waals surface area (Å²) in [5.41, 5.74) is -0.0966. The Balaban J connectivity index is 1.74. The third kappa shape index (κ3) is 4.16. The number of nitrogens with one attached hydrogen (secondary N) is 1. The van der Waals surface area contributed by atoms with Gasteiger partial charge in [-0.15, -0.1) is 0 Å². The van der Waals surface area contributed by atoms with E-state index in [9.17, 15) is 28.4 Å². The molecule has 2 N–H and O–H groups in total. The van der Waals surface area contributed by atoms with E-state index < -0.39 is 34.7 Å². The normalized spacial score (nSPS) is 22.3. The van der Waals surface area contributed by atoms with Gasteiger partial charge in [0.2, 0.25) is 5.43 Å². The van der Waals surface area contributed by atoms with Crippen molar-refractivity contribution in [2.45, 2.75) is 44.6 Å². The fourth-order valence-electron chi connectivity index (χ4n) is 5.02. The number of rotatable bonds is 6. The smallest absolute Gasteiger partial charge is 0.284 e. The quantitative estimate of drug-likeness (QED) is 0.612. The van der Waals surface area contributed by atoms with Crippen LogP contribution in [0.4, 0.5) is 8.87 Å². The first-order valence-corrected chi connectivity index (χ1v) is 11.0. The third-order valence-corrected chi connectivity index (χ3v) is 6.58. The van der Waals surface area contributed by atoms with Crippen molar-refractivity contribution in [3.8, 4) is 5.75 Å². The molecule has 1 unspecified atom stereocenters. The largest absolute Gasteiger partial charge is 0.503 e. The molecule has 0 radical (unpaired) electrons. The van der Waals surface area contributed by atoms with Crippen molar-refractivity contribution < 1.29 is 28.3 Å². The lowest BCUT2D eigenvalue weighted by Crippen LogP contribution is -2.67. The summed E-state index contributed by atoms with van der Waals surface area (Å²) in [7, 11) is 1.57. The minimum absolute atomic E-state index is 0.00667. The lowest BCUT2D eigenvalue weighted by Gasteiger charge is -2.53. The van der Waals surface area contributed by atoms with Crippen molar-refractivity contribution in [2.75, 3.05) is 20.3 Å². The van der Waals surface area contributed by atoms with Gasteiger partial charge in [0, 0.05) is 31.9 Å². The number of benzene rings is 1. The van der Waals surface area contributed by atoms with Crippen LogP contribution in [-0.4, -0.2) is 69.8 Å². The molecule has 1 saturated heterocycles. The van der Waals surface area contributed by atoms with Gasteiger partial charge >= 0.3 is 0 Å². The zero-order valence-corrected chi connectivity index (χ0v) is 18.8. The van der Waals surface area contributed by atoms with E-state index in [1.165, 1.54) is 16.7 Å². The molecule has 2 amide bonds. The maximum Gasteiger partial charge on any atom is 0.284 e. The number of amides is 2. The van der Waals surface area contributed by atoms with Crippen molar-refractivity contribution in [1.82, 2.24) is 19.9 Å². The average molecular weight is 476 g/mol. The van der Waals surface area contributed by atoms with E-state index in [2.05, 4.69) is 4.90 Å². The number of nitrogens with zero attached hydrogens (tertiary/aromatic N) is 3. The summed E-state index contributed by atoms with van der Waals surface area (Å²) in [6.45, 7) is 2.93. The predicted molar refractivity (Wildman–Crippen MR) is 117 cm³/mol. The van der Waals surface area contributed by atoms with E-state index >= 15 is 0 Å². The Kier molecular flexibility index (Phi) is 6.67. The molecule has 11 heteroatoms. The molecule has 2 aliphatic rings. The van der Waals surface area contributed by atoms with E-state index in [1.54, 1.807) is 24.1 Å². The standard InChI is InChI=1S/C23H26F2N4O5/c1-13-9-16(10-14-3-5-15(24)6-4-14)28(7-8-34-2)18-12-27-11-17(22(32)26-25)20(30)21(31)19(27)23(33)29(13)18/h3-6,11,13,16,18,31H,7-10,12H2,1-2H3,(H,26,32)/t13-,16?,18-/m0/s1. The number of hydrogen-bond acceptors (Lipinski definition) is 6. The van der Waals surface area contributed by atoms with Crippen molar-refractivity contribution in [2.24, 2.45) is 0 Å². The van der Waals surface area contributed by atoms with Crippen LogP contribution in [0.2, 0.25) is 0 Å². The highest BCUT2D eigenvalue weighted by Crippen LogP contribution is 2.34. The second-order valence-corrected chi connectivity index (χ2v) is 8.64. The molecule has 3 atom stereocenters. The topological polar surface area (TPSA) is 104 Å². The average Bonchev–Trinajstić information content (AvgIpc) is 2.81. The Hall–Kier alpha value is -3.31. The molecule has 1 fully saturated rings. The molecular weight excluding hydrogens is 450 g/mol. The molecular formula is C23H26F2N4O5. The molecule has 2 aliphatic heterocycles. The highest BCUT2D eigenvalue weighted by molar-refractivity contribution is 5.99. The summed E-state index contributed by atoms with van der Waals surface area (Å²) < 4.78 is 32.7. The lowest BCUT2D eigenvalue weighted by atomic mass is 9.92. The zero-order valence-electron chi connectivity index (χ0n) is 18.8. The van der Waals surface area contributed by atoms with E-state index in [0.29, 0.717) is 26.0 Å². The van der Waals surface area contributed by atoms with Gasteiger partial charge in [-0.25, -0.2) is 4.39 Å². The monoisotopic (exact) mass is 476 g/mol. The van der Waals surface area contributed by atoms with Gasteiger partial charge < -0.3 is 19.3 Å². The van der Waals surface area contributed by atoms with Crippen LogP contribution in [0.3, 0.4) is 0 Å². The van der Waals surface area contributed by atoms with Gasteiger partial charge in [-0.2, -0.15) is 5.54 Å². The summed E-state index contributed by atoms with van der Waals surface area (Å²) in [4.78, 5) is 41.4. The Labute approximate surface area is 194 Å². The van der Waals surface area contributed by atoms with E-state index in [0.717, 1.165) is 17.3 Å². The van der Waals surface area contributed by atoms with Crippen molar-refractivity contribution >= 4 is 11.8 Å². The minimum atomic E-state index is -1.30. The number of methoxy groups -OCH3 is 1. The zero-order chi connectivity index (χ0) is 24.6. The van der Waals surface area contributed by atoms with Crippen LogP contribution in [0.1, 0.15) is 39.8 Å². The maximum absolute atomic E-state index is 13.4. The molecule has 4 rings (SSSR count). The van der Waals surface area contributed by atoms with Crippen LogP contribution in [0.15, 0.2) is 35.3 Å². The summed E-state index contributed by atoms with van der Waals surface area (Å²) >= 11 is 0. The summed E-state index contributed by atoms with van der Waals surface area (Å²) in [6, 6.07) is 6.04. The molecule has 9 nitrogen and oxygen atoms in total. The maximum atomic E-state index is 13.4. The first-order chi connectivity index (χ1) is 16.3. The molecule has 1 aromatic carbocycles. The molecule has 1 aromatic heterocycles. The van der Waals surface area contributed by atoms with E-state index in [-0.39, 0.29) is 30.1 Å². The second kappa shape index (κ2) is 9.51. The number of halogens is 2. The molecule has 3 heterocycles. The molecule has 0 aliphatic carbocycles. The SMILES string of the molecule is COCCN1C(Cc2ccc(F)cc2)C[C@H](C)N2C(=O)c3c(O)c(=O)c(C(=O)NF)cn3C[C@@H]12. The summed E-state index contributed by atoms with van der Waals surface area (Å²) in [6.07, 6.45) is 1.86. The molecule has 0 bridgehead atoms. The van der Waals surface area contributed by atoms with E-state index in [4.69, 9.17) is 4.74 Å². The van der Waals surface area contributed by atoms with Crippen molar-refractivity contribution in [3.63, 3.8) is 0 Å². The van der Waals surface area contributed by atoms with Crippen LogP contribution >= 0.6 is 0 Å². The first-order valence-electron chi connectivity index (χ1n) is 11.0. The highest BCUT2D eigenvalue weighted by atomic mass is 19.2. The minimum Gasteiger partial charge on any atom is -0.503 e. The lowest BCUT2D eigenvalue weighted by molar-refractivity contribution is -0.0678. The molecule has 2 aromatic rings. The highest BCUT2D eigenvalue weighted by Gasteiger charge is 2.46. The number of aromatic hydroxyl groups is 1. The summed E-state index contributed by atoms with van der Waals surface area (Å²) in [5.74, 6) is -3.05. The molecule has 34 heavy (non-hydrogen) atoms. The third-order valence-electron chi connectivity index (χ3n) is 6.58. The second-order valence-electron chi connectivity index (χ2n) is 8.64. The Bertz CT molecular complexity index is 1150. The van der Waals surface area contributed by atoms with E-state index in [1.807, 2.05) is 6.92 Å². The number of pyridine rings is 1. The van der Waals surface area contributed by atoms with Crippen molar-refractivity contribution in [1.29, 1.82) is 0 Å². The van der Waals surface area contributed by atoms with Crippen LogP contribution in [0, 0.1) is 5.82 Å². The first kappa shape index (κ1) is 23.8. The Morgan fingerprint density at radius 3 is 2.62 bits per heavy atom. The number of fused-ring (bicyclic) bond motifs is 2. The van der Waals surface area contributed by atoms with Gasteiger partial charge in [-0.1, -0.05) is 16.6 Å². The Morgan fingerprint density at radius 2 is 1.97 bits per heavy atom. The number of carbonyl (C=O) groups excluding carboxylic acids is 2. The van der Waals surface area contributed by atoms with Gasteiger partial charge in [0.25, 0.3) is 11.8 Å². The van der Waals surface area contributed by atoms with Crippen molar-refractivity contribution in [3.05, 3.63) is 63.3 Å². The Morgan fingerprint density at radius 1 is 1.26 bits per heavy atom. The number of aromatic nitrogens is 1. The number of ether oxygens (including phenoxy) is 1. The van der Waals surface area contributed by atoms with Gasteiger partial charge in [-0.3, -0.25) is 19.3 Å². The fraction of sp³-hybridized carbons (Fsp3) is 0.435. The van der Waals surface area contributed by atoms with Gasteiger partial charge in [-0.05, 0) is 37.5 Å². The van der Waals surface area contributed by atoms with Crippen LogP contribution < -0.4 is 11.0 Å². The van der Waals surface area contributed by atoms with Gasteiger partial charge in [0.05, 0.1) is 13.2 Å². The van der Waals surface area contributed by atoms with Crippen LogP contribution in [0.25, 0.3) is 0 Å².